The molecule has 3 rings (SSSR count). The van der Waals surface area contributed by atoms with Crippen molar-refractivity contribution in [3.8, 4) is 0 Å². The molecule has 2 heteroatoms. The van der Waals surface area contributed by atoms with Crippen LogP contribution in [0.15, 0.2) is 23.8 Å². The number of hydrogen-bond acceptors (Lipinski definition) is 2. The van der Waals surface area contributed by atoms with Crippen LogP contribution in [0, 0.1) is 5.92 Å². The molecule has 0 aromatic rings. The van der Waals surface area contributed by atoms with Crippen molar-refractivity contribution in [2.75, 3.05) is 18.8 Å². The first-order valence-electron chi connectivity index (χ1n) is 7.11. The molecule has 0 aromatic carbocycles. The van der Waals surface area contributed by atoms with Crippen molar-refractivity contribution in [1.29, 1.82) is 0 Å². The second-order valence-corrected chi connectivity index (χ2v) is 6.78. The molecule has 0 aromatic heterocycles. The van der Waals surface area contributed by atoms with Crippen molar-refractivity contribution in [2.24, 2.45) is 5.92 Å². The molecule has 3 aliphatic rings. The van der Waals surface area contributed by atoms with Gasteiger partial charge in [-0.3, -0.25) is 4.90 Å². The minimum Gasteiger partial charge on any atom is -0.299 e. The Labute approximate surface area is 109 Å². The van der Waals surface area contributed by atoms with Gasteiger partial charge >= 0.3 is 0 Å². The van der Waals surface area contributed by atoms with E-state index in [1.165, 1.54) is 44.5 Å². The molecule has 3 atom stereocenters. The lowest BCUT2D eigenvalue weighted by Crippen LogP contribution is -2.51. The number of nitrogens with zero attached hydrogens (tertiary/aromatic N) is 1. The SMILES string of the molecule is CCN1CCC2=CC=CCC2C1C1CCCS1. The van der Waals surface area contributed by atoms with Crippen LogP contribution in [0.25, 0.3) is 0 Å². The van der Waals surface area contributed by atoms with Gasteiger partial charge in [0.25, 0.3) is 0 Å². The standard InChI is InChI=1S/C15H23NS/c1-2-16-10-9-12-6-3-4-7-13(12)15(16)14-8-5-11-17-14/h3-4,6,13-15H,2,5,7-11H2,1H3. The fourth-order valence-electron chi connectivity index (χ4n) is 3.73. The molecule has 0 amide bonds. The first kappa shape index (κ1) is 11.9. The van der Waals surface area contributed by atoms with Gasteiger partial charge in [-0.05, 0) is 38.0 Å². The summed E-state index contributed by atoms with van der Waals surface area (Å²) in [7, 11) is 0. The van der Waals surface area contributed by atoms with Gasteiger partial charge in [0.05, 0.1) is 0 Å². The van der Waals surface area contributed by atoms with Crippen molar-refractivity contribution >= 4 is 11.8 Å². The third kappa shape index (κ3) is 2.22. The summed E-state index contributed by atoms with van der Waals surface area (Å²) in [4.78, 5) is 2.75. The zero-order valence-electron chi connectivity index (χ0n) is 10.8. The van der Waals surface area contributed by atoms with E-state index in [1.807, 2.05) is 0 Å². The Morgan fingerprint density at radius 1 is 1.47 bits per heavy atom. The minimum absolute atomic E-state index is 0.817. The molecule has 3 unspecified atom stereocenters. The van der Waals surface area contributed by atoms with Crippen molar-refractivity contribution in [1.82, 2.24) is 4.90 Å². The molecule has 17 heavy (non-hydrogen) atoms. The number of thioether (sulfide) groups is 1. The lowest BCUT2D eigenvalue weighted by molar-refractivity contribution is 0.130. The Bertz CT molecular complexity index is 326. The summed E-state index contributed by atoms with van der Waals surface area (Å²) >= 11 is 2.23. The average Bonchev–Trinajstić information content (AvgIpc) is 2.91. The highest BCUT2D eigenvalue weighted by atomic mass is 32.2. The van der Waals surface area contributed by atoms with Gasteiger partial charge in [0.2, 0.25) is 0 Å². The van der Waals surface area contributed by atoms with E-state index in [0.29, 0.717) is 0 Å². The van der Waals surface area contributed by atoms with Crippen molar-refractivity contribution in [3.05, 3.63) is 23.8 Å². The fourth-order valence-corrected chi connectivity index (χ4v) is 5.26. The first-order chi connectivity index (χ1) is 8.40. The third-order valence-corrected chi connectivity index (χ3v) is 6.05. The van der Waals surface area contributed by atoms with Crippen LogP contribution in [0.1, 0.15) is 32.6 Å². The van der Waals surface area contributed by atoms with E-state index in [9.17, 15) is 0 Å². The predicted molar refractivity (Wildman–Crippen MR) is 76.5 cm³/mol. The summed E-state index contributed by atoms with van der Waals surface area (Å²) in [5.74, 6) is 2.21. The number of fused-ring (bicyclic) bond motifs is 1. The molecule has 2 heterocycles. The van der Waals surface area contributed by atoms with Gasteiger partial charge in [-0.2, -0.15) is 11.8 Å². The maximum absolute atomic E-state index is 2.75. The number of piperidine rings is 1. The van der Waals surface area contributed by atoms with Crippen LogP contribution in [0.5, 0.6) is 0 Å². The molecule has 0 saturated carbocycles. The summed E-state index contributed by atoms with van der Waals surface area (Å²) in [5.41, 5.74) is 1.73. The molecule has 2 aliphatic heterocycles. The van der Waals surface area contributed by atoms with Crippen molar-refractivity contribution in [3.63, 3.8) is 0 Å². The van der Waals surface area contributed by atoms with Crippen molar-refractivity contribution in [2.45, 2.75) is 43.9 Å². The van der Waals surface area contributed by atoms with E-state index in [1.54, 1.807) is 5.57 Å². The number of allylic oxidation sites excluding steroid dienone is 3. The van der Waals surface area contributed by atoms with E-state index in [-0.39, 0.29) is 0 Å². The van der Waals surface area contributed by atoms with Gasteiger partial charge in [-0.1, -0.05) is 30.7 Å². The molecule has 0 bridgehead atoms. The van der Waals surface area contributed by atoms with E-state index >= 15 is 0 Å². The normalized spacial score (nSPS) is 37.9. The summed E-state index contributed by atoms with van der Waals surface area (Å²) in [6.07, 6.45) is 12.5. The summed E-state index contributed by atoms with van der Waals surface area (Å²) < 4.78 is 0. The van der Waals surface area contributed by atoms with E-state index in [4.69, 9.17) is 0 Å². The van der Waals surface area contributed by atoms with E-state index in [2.05, 4.69) is 41.8 Å². The number of hydrogen-bond donors (Lipinski definition) is 0. The number of rotatable bonds is 2. The van der Waals surface area contributed by atoms with Crippen molar-refractivity contribution < 1.29 is 0 Å². The summed E-state index contributed by atoms with van der Waals surface area (Å²) in [6, 6.07) is 0.817. The summed E-state index contributed by atoms with van der Waals surface area (Å²) in [6.45, 7) is 4.85. The Hall–Kier alpha value is -0.210. The lowest BCUT2D eigenvalue weighted by Gasteiger charge is -2.45. The van der Waals surface area contributed by atoms with Crippen LogP contribution in [0.2, 0.25) is 0 Å². The quantitative estimate of drug-likeness (QED) is 0.737. The van der Waals surface area contributed by atoms with Crippen LogP contribution in [0.3, 0.4) is 0 Å². The maximum atomic E-state index is 2.75. The van der Waals surface area contributed by atoms with Gasteiger partial charge in [0.1, 0.15) is 0 Å². The average molecular weight is 249 g/mol. The Balaban J connectivity index is 1.83. The predicted octanol–water partition coefficient (Wildman–Crippen LogP) is 3.48. The zero-order valence-corrected chi connectivity index (χ0v) is 11.6. The highest BCUT2D eigenvalue weighted by Crippen LogP contribution is 2.42. The van der Waals surface area contributed by atoms with Crippen LogP contribution < -0.4 is 0 Å². The molecule has 2 fully saturated rings. The van der Waals surface area contributed by atoms with Gasteiger partial charge < -0.3 is 0 Å². The van der Waals surface area contributed by atoms with Crippen LogP contribution in [-0.2, 0) is 0 Å². The second kappa shape index (κ2) is 5.19. The zero-order chi connectivity index (χ0) is 11.7. The van der Waals surface area contributed by atoms with Gasteiger partial charge in [0, 0.05) is 23.8 Å². The van der Waals surface area contributed by atoms with E-state index in [0.717, 1.165) is 17.2 Å². The molecule has 0 radical (unpaired) electrons. The van der Waals surface area contributed by atoms with Gasteiger partial charge in [-0.25, -0.2) is 0 Å². The molecule has 0 spiro atoms. The molecule has 0 N–H and O–H groups in total. The molecule has 94 valence electrons. The monoisotopic (exact) mass is 249 g/mol. The fraction of sp³-hybridized carbons (Fsp3) is 0.733. The minimum atomic E-state index is 0.817. The Morgan fingerprint density at radius 3 is 3.18 bits per heavy atom. The summed E-state index contributed by atoms with van der Waals surface area (Å²) in [5, 5.41) is 0.898. The topological polar surface area (TPSA) is 3.24 Å². The smallest absolute Gasteiger partial charge is 0.0283 e. The Kier molecular flexibility index (Phi) is 3.62. The number of likely N-dealkylation sites (tertiary alicyclic amines) is 1. The molecular weight excluding hydrogens is 226 g/mol. The largest absolute Gasteiger partial charge is 0.299 e. The van der Waals surface area contributed by atoms with Crippen LogP contribution in [0.4, 0.5) is 0 Å². The highest BCUT2D eigenvalue weighted by molar-refractivity contribution is 8.00. The van der Waals surface area contributed by atoms with Gasteiger partial charge in [-0.15, -0.1) is 0 Å². The maximum Gasteiger partial charge on any atom is 0.0283 e. The van der Waals surface area contributed by atoms with Gasteiger partial charge in [0.15, 0.2) is 0 Å². The second-order valence-electron chi connectivity index (χ2n) is 5.43. The lowest BCUT2D eigenvalue weighted by atomic mass is 9.78. The molecule has 2 saturated heterocycles. The van der Waals surface area contributed by atoms with Crippen LogP contribution >= 0.6 is 11.8 Å². The molecule has 1 nitrogen and oxygen atoms in total. The third-order valence-electron chi connectivity index (χ3n) is 4.59. The Morgan fingerprint density at radius 2 is 2.41 bits per heavy atom. The highest BCUT2D eigenvalue weighted by Gasteiger charge is 2.39. The molecule has 1 aliphatic carbocycles. The first-order valence-corrected chi connectivity index (χ1v) is 8.16. The van der Waals surface area contributed by atoms with E-state index < -0.39 is 0 Å². The molecular formula is C15H23NS. The van der Waals surface area contributed by atoms with Crippen LogP contribution in [-0.4, -0.2) is 35.0 Å².